The lowest BCUT2D eigenvalue weighted by molar-refractivity contribution is 0.0881. The summed E-state index contributed by atoms with van der Waals surface area (Å²) in [6.07, 6.45) is 2.70. The lowest BCUT2D eigenvalue weighted by Crippen LogP contribution is -2.36. The molecule has 3 nitrogen and oxygen atoms in total. The summed E-state index contributed by atoms with van der Waals surface area (Å²) in [6, 6.07) is 0. The molecular weight excluding hydrogens is 140 g/mol. The van der Waals surface area contributed by atoms with Crippen LogP contribution in [0, 0.1) is 5.92 Å². The van der Waals surface area contributed by atoms with Gasteiger partial charge in [0.25, 0.3) is 0 Å². The Bertz CT molecular complexity index is 108. The second-order valence-corrected chi connectivity index (χ2v) is 3.42. The Morgan fingerprint density at radius 1 is 1.64 bits per heavy atom. The molecule has 0 aromatic carbocycles. The first-order valence-electron chi connectivity index (χ1n) is 4.37. The van der Waals surface area contributed by atoms with Gasteiger partial charge < -0.3 is 9.74 Å². The molecule has 2 N–H and O–H groups in total. The second kappa shape index (κ2) is 4.70. The van der Waals surface area contributed by atoms with E-state index in [1.54, 1.807) is 0 Å². The number of nitrogens with zero attached hydrogens (tertiary/aromatic N) is 1. The highest BCUT2D eigenvalue weighted by molar-refractivity contribution is 4.69. The molecule has 0 aromatic rings. The minimum atomic E-state index is 0.659. The fourth-order valence-corrected chi connectivity index (χ4v) is 1.67. The van der Waals surface area contributed by atoms with Gasteiger partial charge in [-0.1, -0.05) is 6.92 Å². The van der Waals surface area contributed by atoms with Crippen molar-refractivity contribution in [2.75, 3.05) is 26.2 Å². The fourth-order valence-electron chi connectivity index (χ4n) is 1.67. The highest BCUT2D eigenvalue weighted by atomic mass is 16.6. The van der Waals surface area contributed by atoms with E-state index in [0.717, 1.165) is 12.5 Å². The molecule has 11 heavy (non-hydrogen) atoms. The van der Waals surface area contributed by atoms with Crippen molar-refractivity contribution in [3.8, 4) is 0 Å². The first-order valence-corrected chi connectivity index (χ1v) is 4.37. The molecule has 0 aliphatic carbocycles. The summed E-state index contributed by atoms with van der Waals surface area (Å²) in [4.78, 5) is 6.96. The van der Waals surface area contributed by atoms with Crippen LogP contribution in [-0.4, -0.2) is 31.1 Å². The van der Waals surface area contributed by atoms with Gasteiger partial charge in [-0.15, -0.1) is 0 Å². The summed E-state index contributed by atoms with van der Waals surface area (Å²) in [5, 5.41) is 0. The van der Waals surface area contributed by atoms with E-state index in [4.69, 9.17) is 5.90 Å². The average molecular weight is 158 g/mol. The van der Waals surface area contributed by atoms with Gasteiger partial charge in [0.15, 0.2) is 0 Å². The normalized spacial score (nSPS) is 27.3. The summed E-state index contributed by atoms with van der Waals surface area (Å²) >= 11 is 0. The highest BCUT2D eigenvalue weighted by Gasteiger charge is 2.14. The molecule has 1 saturated heterocycles. The van der Waals surface area contributed by atoms with Crippen LogP contribution in [0.25, 0.3) is 0 Å². The first kappa shape index (κ1) is 8.97. The number of hydrogen-bond acceptors (Lipinski definition) is 3. The van der Waals surface area contributed by atoms with Crippen molar-refractivity contribution >= 4 is 0 Å². The summed E-state index contributed by atoms with van der Waals surface area (Å²) in [5.41, 5.74) is 0. The van der Waals surface area contributed by atoms with E-state index in [1.807, 2.05) is 0 Å². The van der Waals surface area contributed by atoms with E-state index in [9.17, 15) is 0 Å². The van der Waals surface area contributed by atoms with E-state index in [1.165, 1.54) is 25.9 Å². The zero-order valence-electron chi connectivity index (χ0n) is 7.25. The molecule has 0 amide bonds. The van der Waals surface area contributed by atoms with Gasteiger partial charge in [-0.25, -0.2) is 5.90 Å². The topological polar surface area (TPSA) is 38.5 Å². The summed E-state index contributed by atoms with van der Waals surface area (Å²) in [7, 11) is 0. The molecular formula is C8H18N2O. The number of nitrogens with two attached hydrogens (primary N) is 1. The third kappa shape index (κ3) is 3.18. The number of hydrogen-bond donors (Lipinski definition) is 1. The molecule has 1 rings (SSSR count). The van der Waals surface area contributed by atoms with Crippen LogP contribution >= 0.6 is 0 Å². The SMILES string of the molecule is CC1CCCN(CCON)C1. The van der Waals surface area contributed by atoms with E-state index in [2.05, 4.69) is 16.7 Å². The van der Waals surface area contributed by atoms with Gasteiger partial charge in [-0.2, -0.15) is 0 Å². The van der Waals surface area contributed by atoms with Crippen LogP contribution in [0.1, 0.15) is 19.8 Å². The Labute approximate surface area is 68.5 Å². The molecule has 1 aliphatic heterocycles. The molecule has 1 heterocycles. The van der Waals surface area contributed by atoms with Crippen LogP contribution in [0.5, 0.6) is 0 Å². The Hall–Kier alpha value is -0.120. The van der Waals surface area contributed by atoms with Crippen molar-refractivity contribution in [2.45, 2.75) is 19.8 Å². The predicted octanol–water partition coefficient (Wildman–Crippen LogP) is 0.609. The van der Waals surface area contributed by atoms with Crippen molar-refractivity contribution in [1.82, 2.24) is 4.90 Å². The van der Waals surface area contributed by atoms with Gasteiger partial charge in [0, 0.05) is 13.1 Å². The van der Waals surface area contributed by atoms with Crippen molar-refractivity contribution in [2.24, 2.45) is 11.8 Å². The van der Waals surface area contributed by atoms with Crippen LogP contribution in [0.15, 0.2) is 0 Å². The number of rotatable bonds is 3. The fraction of sp³-hybridized carbons (Fsp3) is 1.00. The molecule has 3 heteroatoms. The smallest absolute Gasteiger partial charge is 0.0806 e. The summed E-state index contributed by atoms with van der Waals surface area (Å²) < 4.78 is 0. The van der Waals surface area contributed by atoms with Crippen LogP contribution < -0.4 is 5.90 Å². The minimum absolute atomic E-state index is 0.659. The molecule has 66 valence electrons. The molecule has 1 aliphatic rings. The van der Waals surface area contributed by atoms with E-state index in [0.29, 0.717) is 6.61 Å². The summed E-state index contributed by atoms with van der Waals surface area (Å²) in [6.45, 7) is 6.38. The van der Waals surface area contributed by atoms with Crippen LogP contribution in [0.4, 0.5) is 0 Å². The monoisotopic (exact) mass is 158 g/mol. The molecule has 0 bridgehead atoms. The van der Waals surface area contributed by atoms with Crippen molar-refractivity contribution in [3.63, 3.8) is 0 Å². The van der Waals surface area contributed by atoms with E-state index < -0.39 is 0 Å². The zero-order valence-corrected chi connectivity index (χ0v) is 7.25. The lowest BCUT2D eigenvalue weighted by atomic mass is 10.0. The Kier molecular flexibility index (Phi) is 3.83. The maximum atomic E-state index is 4.95. The minimum Gasteiger partial charge on any atom is -0.303 e. The van der Waals surface area contributed by atoms with Gasteiger partial charge >= 0.3 is 0 Å². The standard InChI is InChI=1S/C8H18N2O/c1-8-3-2-4-10(7-8)5-6-11-9/h8H,2-7,9H2,1H3. The average Bonchev–Trinajstić information content (AvgIpc) is 2.01. The third-order valence-corrected chi connectivity index (χ3v) is 2.27. The van der Waals surface area contributed by atoms with Crippen molar-refractivity contribution < 1.29 is 4.84 Å². The van der Waals surface area contributed by atoms with Crippen molar-refractivity contribution in [3.05, 3.63) is 0 Å². The predicted molar refractivity (Wildman–Crippen MR) is 45.0 cm³/mol. The largest absolute Gasteiger partial charge is 0.303 e. The van der Waals surface area contributed by atoms with Gasteiger partial charge in [-0.05, 0) is 25.3 Å². The van der Waals surface area contributed by atoms with Crippen molar-refractivity contribution in [1.29, 1.82) is 0 Å². The highest BCUT2D eigenvalue weighted by Crippen LogP contribution is 2.14. The van der Waals surface area contributed by atoms with Crippen LogP contribution in [0.3, 0.4) is 0 Å². The van der Waals surface area contributed by atoms with E-state index in [-0.39, 0.29) is 0 Å². The molecule has 0 aromatic heterocycles. The molecule has 1 atom stereocenters. The Balaban J connectivity index is 2.12. The van der Waals surface area contributed by atoms with Crippen LogP contribution in [0.2, 0.25) is 0 Å². The number of piperidine rings is 1. The Morgan fingerprint density at radius 3 is 3.09 bits per heavy atom. The zero-order chi connectivity index (χ0) is 8.10. The number of likely N-dealkylation sites (tertiary alicyclic amines) is 1. The maximum absolute atomic E-state index is 4.95. The maximum Gasteiger partial charge on any atom is 0.0806 e. The lowest BCUT2D eigenvalue weighted by Gasteiger charge is -2.30. The molecule has 1 fully saturated rings. The third-order valence-electron chi connectivity index (χ3n) is 2.27. The van der Waals surface area contributed by atoms with E-state index >= 15 is 0 Å². The van der Waals surface area contributed by atoms with Gasteiger partial charge in [0.05, 0.1) is 6.61 Å². The van der Waals surface area contributed by atoms with Gasteiger partial charge in [0.1, 0.15) is 0 Å². The second-order valence-electron chi connectivity index (χ2n) is 3.42. The Morgan fingerprint density at radius 2 is 2.45 bits per heavy atom. The molecule has 0 radical (unpaired) electrons. The molecule has 0 saturated carbocycles. The molecule has 1 unspecified atom stereocenters. The summed E-state index contributed by atoms with van der Waals surface area (Å²) in [5.74, 6) is 5.80. The quantitative estimate of drug-likeness (QED) is 0.612. The molecule has 0 spiro atoms. The van der Waals surface area contributed by atoms with Crippen LogP contribution in [-0.2, 0) is 4.84 Å². The first-order chi connectivity index (χ1) is 5.33. The van der Waals surface area contributed by atoms with Gasteiger partial charge in [0.2, 0.25) is 0 Å². The van der Waals surface area contributed by atoms with Gasteiger partial charge in [-0.3, -0.25) is 0 Å².